The van der Waals surface area contributed by atoms with Crippen LogP contribution in [-0.2, 0) is 4.79 Å². The average Bonchev–Trinajstić information content (AvgIpc) is 2.35. The average molecular weight is 248 g/mol. The number of aliphatic carboxylic acids is 1. The van der Waals surface area contributed by atoms with Crippen LogP contribution >= 0.6 is 0 Å². The van der Waals surface area contributed by atoms with Crippen LogP contribution in [0.3, 0.4) is 0 Å². The normalized spacial score (nSPS) is 17.7. The number of allylic oxidation sites excluding steroid dienone is 4. The van der Waals surface area contributed by atoms with Gasteiger partial charge in [0.2, 0.25) is 0 Å². The van der Waals surface area contributed by atoms with E-state index in [1.165, 1.54) is 0 Å². The zero-order valence-corrected chi connectivity index (χ0v) is 10.6. The summed E-state index contributed by atoms with van der Waals surface area (Å²) in [6, 6.07) is 0. The molecule has 0 heterocycles. The number of carboxylic acids is 1. The van der Waals surface area contributed by atoms with Gasteiger partial charge in [0.05, 0.1) is 6.61 Å². The van der Waals surface area contributed by atoms with Crippen LogP contribution < -0.4 is 0 Å². The molecule has 0 radical (unpaired) electrons. The second-order valence-corrected chi connectivity index (χ2v) is 4.56. The number of aliphatic hydroxyl groups excluding tert-OH is 1. The Morgan fingerprint density at radius 1 is 1.28 bits per heavy atom. The minimum absolute atomic E-state index is 0.0291. The number of carbonyl (C=O) groups is 1. The van der Waals surface area contributed by atoms with Crippen molar-refractivity contribution in [3.8, 4) is 0 Å². The Balaban J connectivity index is 2.68. The Bertz CT molecular complexity index is 413. The smallest absolute Gasteiger partial charge is 0.331 e. The first-order chi connectivity index (χ1) is 8.54. The van der Waals surface area contributed by atoms with Crippen molar-refractivity contribution in [1.82, 2.24) is 0 Å². The van der Waals surface area contributed by atoms with Gasteiger partial charge < -0.3 is 10.2 Å². The maximum absolute atomic E-state index is 11.2. The lowest BCUT2D eigenvalue weighted by Gasteiger charge is -2.13. The molecule has 18 heavy (non-hydrogen) atoms. The molecule has 0 saturated heterocycles. The molecule has 0 bridgehead atoms. The summed E-state index contributed by atoms with van der Waals surface area (Å²) in [6.45, 7) is 7.52. The molecule has 1 aliphatic carbocycles. The van der Waals surface area contributed by atoms with Gasteiger partial charge >= 0.3 is 5.97 Å². The summed E-state index contributed by atoms with van der Waals surface area (Å²) in [6.07, 6.45) is 7.20. The quantitative estimate of drug-likeness (QED) is 0.561. The first-order valence-electron chi connectivity index (χ1n) is 6.13. The summed E-state index contributed by atoms with van der Waals surface area (Å²) >= 11 is 0. The van der Waals surface area contributed by atoms with Gasteiger partial charge in [-0.2, -0.15) is 0 Å². The predicted octanol–water partition coefficient (Wildman–Crippen LogP) is 2.99. The summed E-state index contributed by atoms with van der Waals surface area (Å²) in [4.78, 5) is 11.2. The third-order valence-corrected chi connectivity index (χ3v) is 3.06. The molecule has 0 aromatic heterocycles. The van der Waals surface area contributed by atoms with Crippen LogP contribution in [0.4, 0.5) is 0 Å². The molecular weight excluding hydrogens is 228 g/mol. The lowest BCUT2D eigenvalue weighted by atomic mass is 9.92. The summed E-state index contributed by atoms with van der Waals surface area (Å²) in [5.41, 5.74) is 3.16. The Morgan fingerprint density at radius 3 is 2.50 bits per heavy atom. The van der Waals surface area contributed by atoms with Crippen molar-refractivity contribution in [2.45, 2.75) is 32.1 Å². The topological polar surface area (TPSA) is 57.5 Å². The van der Waals surface area contributed by atoms with Crippen molar-refractivity contribution >= 4 is 5.97 Å². The van der Waals surface area contributed by atoms with Crippen LogP contribution in [0.25, 0.3) is 0 Å². The molecule has 1 rings (SSSR count). The maximum Gasteiger partial charge on any atom is 0.331 e. The van der Waals surface area contributed by atoms with E-state index < -0.39 is 5.97 Å². The number of carboxylic acid groups (broad SMARTS) is 1. The van der Waals surface area contributed by atoms with E-state index in [0.717, 1.165) is 29.6 Å². The zero-order valence-electron chi connectivity index (χ0n) is 10.6. The van der Waals surface area contributed by atoms with E-state index in [4.69, 9.17) is 5.11 Å². The van der Waals surface area contributed by atoms with Gasteiger partial charge in [-0.3, -0.25) is 0 Å². The highest BCUT2D eigenvalue weighted by atomic mass is 16.4. The van der Waals surface area contributed by atoms with Crippen LogP contribution in [0.1, 0.15) is 32.1 Å². The molecule has 0 spiro atoms. The Kier molecular flexibility index (Phi) is 5.59. The van der Waals surface area contributed by atoms with Gasteiger partial charge in [-0.1, -0.05) is 36.5 Å². The highest BCUT2D eigenvalue weighted by Gasteiger charge is 2.14. The minimum atomic E-state index is -0.850. The van der Waals surface area contributed by atoms with Crippen molar-refractivity contribution < 1.29 is 15.0 Å². The Labute approximate surface area is 108 Å². The van der Waals surface area contributed by atoms with E-state index in [2.05, 4.69) is 13.2 Å². The molecule has 0 aromatic rings. The molecule has 0 amide bonds. The van der Waals surface area contributed by atoms with E-state index in [1.54, 1.807) is 0 Å². The van der Waals surface area contributed by atoms with Gasteiger partial charge in [0.1, 0.15) is 0 Å². The minimum Gasteiger partial charge on any atom is -0.478 e. The van der Waals surface area contributed by atoms with Gasteiger partial charge in [0, 0.05) is 5.57 Å². The van der Waals surface area contributed by atoms with E-state index in [0.29, 0.717) is 24.8 Å². The fourth-order valence-electron chi connectivity index (χ4n) is 1.93. The molecule has 3 nitrogen and oxygen atoms in total. The molecule has 0 atom stereocenters. The third-order valence-electron chi connectivity index (χ3n) is 3.06. The Morgan fingerprint density at radius 2 is 2.00 bits per heavy atom. The monoisotopic (exact) mass is 248 g/mol. The van der Waals surface area contributed by atoms with Crippen molar-refractivity contribution in [1.29, 1.82) is 0 Å². The molecule has 0 unspecified atom stereocenters. The first-order valence-corrected chi connectivity index (χ1v) is 6.13. The van der Waals surface area contributed by atoms with Crippen molar-refractivity contribution in [2.75, 3.05) is 6.61 Å². The van der Waals surface area contributed by atoms with E-state index in [1.807, 2.05) is 12.2 Å². The molecule has 1 aliphatic rings. The maximum atomic E-state index is 11.2. The van der Waals surface area contributed by atoms with Crippen LogP contribution in [0.15, 0.2) is 47.6 Å². The number of hydrogen-bond donors (Lipinski definition) is 2. The molecule has 0 aromatic carbocycles. The molecule has 0 aliphatic heterocycles. The molecule has 0 fully saturated rings. The van der Waals surface area contributed by atoms with Crippen LogP contribution in [-0.4, -0.2) is 22.8 Å². The SMILES string of the molecule is C=C1C=CC(=C(CCCC(=C)CO)C(=O)O)CC1. The van der Waals surface area contributed by atoms with E-state index >= 15 is 0 Å². The molecule has 0 saturated carbocycles. The van der Waals surface area contributed by atoms with Crippen LogP contribution in [0, 0.1) is 0 Å². The van der Waals surface area contributed by atoms with Gasteiger partial charge in [-0.25, -0.2) is 4.79 Å². The zero-order chi connectivity index (χ0) is 13.5. The van der Waals surface area contributed by atoms with E-state index in [9.17, 15) is 9.90 Å². The lowest BCUT2D eigenvalue weighted by Crippen LogP contribution is -2.06. The van der Waals surface area contributed by atoms with Gasteiger partial charge in [-0.15, -0.1) is 0 Å². The van der Waals surface area contributed by atoms with Crippen molar-refractivity contribution in [2.24, 2.45) is 0 Å². The largest absolute Gasteiger partial charge is 0.478 e. The highest BCUT2D eigenvalue weighted by molar-refractivity contribution is 5.88. The molecule has 3 heteroatoms. The third kappa shape index (κ3) is 4.34. The second-order valence-electron chi connectivity index (χ2n) is 4.56. The summed E-state index contributed by atoms with van der Waals surface area (Å²) < 4.78 is 0. The fraction of sp³-hybridized carbons (Fsp3) is 0.400. The summed E-state index contributed by atoms with van der Waals surface area (Å²) in [5.74, 6) is -0.850. The summed E-state index contributed by atoms with van der Waals surface area (Å²) in [7, 11) is 0. The highest BCUT2D eigenvalue weighted by Crippen LogP contribution is 2.25. The second kappa shape index (κ2) is 6.97. The van der Waals surface area contributed by atoms with Gasteiger partial charge in [0.25, 0.3) is 0 Å². The van der Waals surface area contributed by atoms with Crippen molar-refractivity contribution in [3.63, 3.8) is 0 Å². The van der Waals surface area contributed by atoms with E-state index in [-0.39, 0.29) is 6.61 Å². The van der Waals surface area contributed by atoms with Gasteiger partial charge in [-0.05, 0) is 37.7 Å². The van der Waals surface area contributed by atoms with Crippen molar-refractivity contribution in [3.05, 3.63) is 47.6 Å². The van der Waals surface area contributed by atoms with Crippen LogP contribution in [0.5, 0.6) is 0 Å². The fourth-order valence-corrected chi connectivity index (χ4v) is 1.93. The lowest BCUT2D eigenvalue weighted by molar-refractivity contribution is -0.132. The number of hydrogen-bond acceptors (Lipinski definition) is 2. The number of rotatable bonds is 6. The standard InChI is InChI=1S/C15H20O3/c1-11-6-8-13(9-7-11)14(15(17)18)5-3-4-12(2)10-16/h6,8,16H,1-5,7,9-10H2,(H,17,18). The first kappa shape index (κ1) is 14.5. The predicted molar refractivity (Wildman–Crippen MR) is 72.3 cm³/mol. The number of aliphatic hydroxyl groups is 1. The van der Waals surface area contributed by atoms with Crippen LogP contribution in [0.2, 0.25) is 0 Å². The molecular formula is C15H20O3. The molecule has 98 valence electrons. The Hall–Kier alpha value is -1.61. The summed E-state index contributed by atoms with van der Waals surface area (Å²) in [5, 5.41) is 18.1. The van der Waals surface area contributed by atoms with Gasteiger partial charge in [0.15, 0.2) is 0 Å². The molecule has 2 N–H and O–H groups in total.